The molecule has 0 aliphatic rings. The number of nitrogens with two attached hydrogens (primary N) is 1. The maximum Gasteiger partial charge on any atom is 0.320 e. The van der Waals surface area contributed by atoms with Crippen molar-refractivity contribution in [1.82, 2.24) is 20.3 Å². The summed E-state index contributed by atoms with van der Waals surface area (Å²) in [5.74, 6) is 0.804. The summed E-state index contributed by atoms with van der Waals surface area (Å²) in [4.78, 5) is 7.70. The summed E-state index contributed by atoms with van der Waals surface area (Å²) >= 11 is 17.3. The Morgan fingerprint density at radius 2 is 1.19 bits per heavy atom. The zero-order chi connectivity index (χ0) is 18.5. The standard InChI is InChI=1S/C8H4Cl2N2O.C8H6ClN3O/c2*9-6-4-2-1-3-5(6)7-11-8(10)13-12-7/h1-4H;1-4H,(H2,10,11,12). The number of halogens is 3. The molecule has 2 aromatic heterocycles. The van der Waals surface area contributed by atoms with Gasteiger partial charge in [-0.25, -0.2) is 0 Å². The van der Waals surface area contributed by atoms with Crippen LogP contribution in [0.1, 0.15) is 0 Å². The summed E-state index contributed by atoms with van der Waals surface area (Å²) in [5.41, 5.74) is 6.70. The first-order valence-electron chi connectivity index (χ1n) is 7.13. The Labute approximate surface area is 162 Å². The molecule has 4 aromatic rings. The molecular weight excluding hydrogens is 401 g/mol. The van der Waals surface area contributed by atoms with Gasteiger partial charge in [0, 0.05) is 11.1 Å². The Morgan fingerprint density at radius 1 is 0.692 bits per heavy atom. The minimum Gasteiger partial charge on any atom is -0.351 e. The van der Waals surface area contributed by atoms with Crippen molar-refractivity contribution in [3.8, 4) is 22.8 Å². The van der Waals surface area contributed by atoms with Crippen LogP contribution in [0.2, 0.25) is 15.4 Å². The van der Waals surface area contributed by atoms with Crippen LogP contribution in [0.5, 0.6) is 0 Å². The number of aromatic nitrogens is 4. The van der Waals surface area contributed by atoms with Crippen molar-refractivity contribution in [2.45, 2.75) is 0 Å². The highest BCUT2D eigenvalue weighted by Gasteiger charge is 2.09. The van der Waals surface area contributed by atoms with Gasteiger partial charge in [-0.1, -0.05) is 57.8 Å². The summed E-state index contributed by atoms with van der Waals surface area (Å²) < 4.78 is 9.25. The highest BCUT2D eigenvalue weighted by Crippen LogP contribution is 2.26. The van der Waals surface area contributed by atoms with Crippen LogP contribution in [0.3, 0.4) is 0 Å². The van der Waals surface area contributed by atoms with E-state index in [1.807, 2.05) is 24.3 Å². The number of rotatable bonds is 2. The minimum absolute atomic E-state index is 0.00918. The fraction of sp³-hybridized carbons (Fsp3) is 0. The van der Waals surface area contributed by atoms with Crippen molar-refractivity contribution < 1.29 is 9.05 Å². The van der Waals surface area contributed by atoms with E-state index in [4.69, 9.17) is 40.5 Å². The van der Waals surface area contributed by atoms with E-state index in [-0.39, 0.29) is 11.4 Å². The molecule has 0 saturated heterocycles. The quantitative estimate of drug-likeness (QED) is 0.495. The van der Waals surface area contributed by atoms with Crippen LogP contribution >= 0.6 is 34.8 Å². The van der Waals surface area contributed by atoms with Crippen molar-refractivity contribution >= 4 is 40.8 Å². The van der Waals surface area contributed by atoms with E-state index in [1.165, 1.54) is 0 Å². The van der Waals surface area contributed by atoms with Crippen LogP contribution in [0.25, 0.3) is 22.8 Å². The summed E-state index contributed by atoms with van der Waals surface area (Å²) in [7, 11) is 0. The number of nitrogens with zero attached hydrogens (tertiary/aromatic N) is 4. The van der Waals surface area contributed by atoms with E-state index in [9.17, 15) is 0 Å². The van der Waals surface area contributed by atoms with Crippen LogP contribution in [0.15, 0.2) is 57.6 Å². The maximum absolute atomic E-state index is 5.91. The average Bonchev–Trinajstić information content (AvgIpc) is 3.25. The van der Waals surface area contributed by atoms with Gasteiger partial charge in [-0.05, 0) is 35.9 Å². The predicted molar refractivity (Wildman–Crippen MR) is 98.9 cm³/mol. The number of hydrogen-bond acceptors (Lipinski definition) is 7. The molecule has 0 spiro atoms. The fourth-order valence-electron chi connectivity index (χ4n) is 1.94. The van der Waals surface area contributed by atoms with Gasteiger partial charge in [0.2, 0.25) is 11.6 Å². The fourth-order valence-corrected chi connectivity index (χ4v) is 2.50. The summed E-state index contributed by atoms with van der Waals surface area (Å²) in [6.45, 7) is 0. The van der Waals surface area contributed by atoms with Gasteiger partial charge >= 0.3 is 11.4 Å². The Hall–Kier alpha value is -2.61. The third kappa shape index (κ3) is 4.32. The van der Waals surface area contributed by atoms with E-state index in [0.717, 1.165) is 0 Å². The molecule has 10 heteroatoms. The third-order valence-corrected chi connectivity index (χ3v) is 3.89. The molecule has 0 unspecified atom stereocenters. The van der Waals surface area contributed by atoms with Crippen molar-refractivity contribution in [2.24, 2.45) is 0 Å². The second-order valence-corrected chi connectivity index (χ2v) is 5.92. The molecule has 0 atom stereocenters. The van der Waals surface area contributed by atoms with E-state index in [0.29, 0.717) is 32.8 Å². The molecule has 7 nitrogen and oxygen atoms in total. The summed E-state index contributed by atoms with van der Waals surface area (Å²) in [6.07, 6.45) is 0. The molecular formula is C16H10Cl3N5O2. The molecule has 0 saturated carbocycles. The smallest absolute Gasteiger partial charge is 0.320 e. The topological polar surface area (TPSA) is 104 Å². The molecule has 2 aromatic carbocycles. The van der Waals surface area contributed by atoms with Gasteiger partial charge < -0.3 is 14.8 Å². The van der Waals surface area contributed by atoms with Crippen LogP contribution in [-0.2, 0) is 0 Å². The highest BCUT2D eigenvalue weighted by atomic mass is 35.5. The third-order valence-electron chi connectivity index (χ3n) is 3.07. The normalized spacial score (nSPS) is 10.3. The van der Waals surface area contributed by atoms with E-state index < -0.39 is 0 Å². The SMILES string of the molecule is Clc1nc(-c2ccccc2Cl)no1.Nc1nc(-c2ccccc2Cl)no1. The summed E-state index contributed by atoms with van der Waals surface area (Å²) in [5, 5.41) is 8.45. The highest BCUT2D eigenvalue weighted by molar-refractivity contribution is 6.33. The van der Waals surface area contributed by atoms with Crippen LogP contribution < -0.4 is 5.73 Å². The zero-order valence-electron chi connectivity index (χ0n) is 12.9. The number of anilines is 1. The molecule has 0 aliphatic heterocycles. The largest absolute Gasteiger partial charge is 0.351 e. The second kappa shape index (κ2) is 8.18. The average molecular weight is 411 g/mol. The van der Waals surface area contributed by atoms with Crippen LogP contribution in [0.4, 0.5) is 6.01 Å². The van der Waals surface area contributed by atoms with Crippen molar-refractivity contribution in [2.75, 3.05) is 5.73 Å². The van der Waals surface area contributed by atoms with Crippen LogP contribution in [0, 0.1) is 0 Å². The van der Waals surface area contributed by atoms with Gasteiger partial charge in [0.25, 0.3) is 0 Å². The Morgan fingerprint density at radius 3 is 1.62 bits per heavy atom. The second-order valence-electron chi connectivity index (χ2n) is 4.79. The van der Waals surface area contributed by atoms with Gasteiger partial charge in [-0.15, -0.1) is 0 Å². The van der Waals surface area contributed by atoms with Gasteiger partial charge in [0.05, 0.1) is 10.0 Å². The van der Waals surface area contributed by atoms with Gasteiger partial charge in [0.1, 0.15) is 0 Å². The van der Waals surface area contributed by atoms with Gasteiger partial charge in [-0.3, -0.25) is 0 Å². The van der Waals surface area contributed by atoms with Gasteiger partial charge in [-0.2, -0.15) is 9.97 Å². The predicted octanol–water partition coefficient (Wildman–Crippen LogP) is 5.02. The van der Waals surface area contributed by atoms with Gasteiger partial charge in [0.15, 0.2) is 0 Å². The Bertz CT molecular complexity index is 937. The van der Waals surface area contributed by atoms with Crippen molar-refractivity contribution in [1.29, 1.82) is 0 Å². The number of benzene rings is 2. The first-order chi connectivity index (χ1) is 12.5. The van der Waals surface area contributed by atoms with Crippen LogP contribution in [-0.4, -0.2) is 20.3 Å². The minimum atomic E-state index is 0.00918. The number of hydrogen-bond donors (Lipinski definition) is 1. The first kappa shape index (κ1) is 18.2. The lowest BCUT2D eigenvalue weighted by Gasteiger charge is -1.95. The first-order valence-corrected chi connectivity index (χ1v) is 8.26. The molecule has 0 fully saturated rings. The zero-order valence-corrected chi connectivity index (χ0v) is 15.2. The molecule has 0 radical (unpaired) electrons. The lowest BCUT2D eigenvalue weighted by molar-refractivity contribution is 0.421. The van der Waals surface area contributed by atoms with Crippen molar-refractivity contribution in [3.63, 3.8) is 0 Å². The molecule has 0 aliphatic carbocycles. The monoisotopic (exact) mass is 409 g/mol. The Balaban J connectivity index is 0.000000151. The lowest BCUT2D eigenvalue weighted by atomic mass is 10.2. The Kier molecular flexibility index (Phi) is 5.72. The molecule has 4 rings (SSSR count). The molecule has 2 N–H and O–H groups in total. The molecule has 0 bridgehead atoms. The maximum atomic E-state index is 5.91. The van der Waals surface area contributed by atoms with E-state index >= 15 is 0 Å². The molecule has 26 heavy (non-hydrogen) atoms. The molecule has 132 valence electrons. The molecule has 0 amide bonds. The van der Waals surface area contributed by atoms with E-state index in [1.54, 1.807) is 24.3 Å². The summed E-state index contributed by atoms with van der Waals surface area (Å²) in [6, 6.07) is 14.5. The molecule has 2 heterocycles. The number of nitrogen functional groups attached to an aromatic ring is 1. The lowest BCUT2D eigenvalue weighted by Crippen LogP contribution is -1.84. The van der Waals surface area contributed by atoms with Crippen molar-refractivity contribution in [3.05, 3.63) is 63.9 Å². The van der Waals surface area contributed by atoms with E-state index in [2.05, 4.69) is 29.3 Å².